The third-order valence-electron chi connectivity index (χ3n) is 6.68. The van der Waals surface area contributed by atoms with E-state index in [2.05, 4.69) is 25.2 Å². The van der Waals surface area contributed by atoms with Gasteiger partial charge < -0.3 is 19.7 Å². The minimum absolute atomic E-state index is 0.0123. The number of aromatic nitrogens is 3. The maximum absolute atomic E-state index is 12.8. The van der Waals surface area contributed by atoms with Crippen LogP contribution in [0.5, 0.6) is 11.5 Å². The average molecular weight is 542 g/mol. The van der Waals surface area contributed by atoms with Crippen LogP contribution in [-0.4, -0.2) is 97.3 Å². The number of rotatable bonds is 8. The van der Waals surface area contributed by atoms with Crippen molar-refractivity contribution in [3.05, 3.63) is 47.8 Å². The molecule has 12 nitrogen and oxygen atoms in total. The topological polar surface area (TPSA) is 131 Å². The summed E-state index contributed by atoms with van der Waals surface area (Å²) in [4.78, 5) is 27.8. The molecule has 5 rings (SSSR count). The van der Waals surface area contributed by atoms with Crippen LogP contribution in [0.3, 0.4) is 0 Å². The van der Waals surface area contributed by atoms with Crippen LogP contribution in [0.25, 0.3) is 10.9 Å². The van der Waals surface area contributed by atoms with Crippen molar-refractivity contribution in [2.45, 2.75) is 13.0 Å². The van der Waals surface area contributed by atoms with E-state index in [-0.39, 0.29) is 18.0 Å². The lowest BCUT2D eigenvalue weighted by Gasteiger charge is -2.31. The van der Waals surface area contributed by atoms with Crippen LogP contribution in [0, 0.1) is 0 Å². The first-order valence-corrected chi connectivity index (χ1v) is 14.1. The van der Waals surface area contributed by atoms with E-state index in [9.17, 15) is 13.2 Å². The zero-order valence-corrected chi connectivity index (χ0v) is 22.3. The molecule has 0 atom stereocenters. The second kappa shape index (κ2) is 11.1. The molecule has 2 aliphatic heterocycles. The van der Waals surface area contributed by atoms with E-state index in [1.54, 1.807) is 28.7 Å². The van der Waals surface area contributed by atoms with Crippen LogP contribution in [-0.2, 0) is 16.6 Å². The highest BCUT2D eigenvalue weighted by Crippen LogP contribution is 2.37. The number of likely N-dealkylation sites (N-methyl/N-ethyl adjacent to an activating group) is 1. The number of sulfonamides is 1. The molecule has 0 spiro atoms. The number of hydrogen-bond acceptors (Lipinski definition) is 9. The Balaban J connectivity index is 1.38. The monoisotopic (exact) mass is 541 g/mol. The van der Waals surface area contributed by atoms with Crippen molar-refractivity contribution in [1.82, 2.24) is 23.7 Å². The number of piperazine rings is 1. The fourth-order valence-corrected chi connectivity index (χ4v) is 6.07. The highest BCUT2D eigenvalue weighted by molar-refractivity contribution is 7.89. The SMILES string of the molecule is COc1c(OCCCS(=O)(=O)N2CCN(C)CC2)ccc2c3n(c(=NC(=O)c4cccnc4)nc12)CCN3. The predicted octanol–water partition coefficient (Wildman–Crippen LogP) is 0.953. The molecule has 1 fully saturated rings. The van der Waals surface area contributed by atoms with Crippen molar-refractivity contribution < 1.29 is 22.7 Å². The summed E-state index contributed by atoms with van der Waals surface area (Å²) in [5.41, 5.74) is 1.11. The molecular formula is C25H31N7O5S. The summed E-state index contributed by atoms with van der Waals surface area (Å²) >= 11 is 0. The first-order valence-electron chi connectivity index (χ1n) is 12.5. The Morgan fingerprint density at radius 2 is 1.97 bits per heavy atom. The van der Waals surface area contributed by atoms with E-state index in [4.69, 9.17) is 9.47 Å². The van der Waals surface area contributed by atoms with Crippen LogP contribution in [0.4, 0.5) is 5.82 Å². The van der Waals surface area contributed by atoms with Crippen molar-refractivity contribution in [2.24, 2.45) is 4.99 Å². The molecule has 0 saturated carbocycles. The molecular weight excluding hydrogens is 510 g/mol. The lowest BCUT2D eigenvalue weighted by Crippen LogP contribution is -2.47. The molecule has 13 heteroatoms. The highest BCUT2D eigenvalue weighted by Gasteiger charge is 2.25. The summed E-state index contributed by atoms with van der Waals surface area (Å²) in [7, 11) is 0.174. The Morgan fingerprint density at radius 1 is 1.16 bits per heavy atom. The van der Waals surface area contributed by atoms with E-state index in [0.717, 1.165) is 24.3 Å². The van der Waals surface area contributed by atoms with Gasteiger partial charge in [-0.15, -0.1) is 0 Å². The number of fused-ring (bicyclic) bond motifs is 3. The fraction of sp³-hybridized carbons (Fsp3) is 0.440. The van der Waals surface area contributed by atoms with Gasteiger partial charge in [-0.3, -0.25) is 14.3 Å². The van der Waals surface area contributed by atoms with Gasteiger partial charge in [0.05, 0.1) is 25.0 Å². The molecule has 2 aromatic heterocycles. The molecule has 1 N–H and O–H groups in total. The van der Waals surface area contributed by atoms with E-state index in [1.807, 2.05) is 17.7 Å². The quantitative estimate of drug-likeness (QED) is 0.414. The van der Waals surface area contributed by atoms with Crippen LogP contribution in [0.2, 0.25) is 0 Å². The Kier molecular flexibility index (Phi) is 7.58. The van der Waals surface area contributed by atoms with Crippen molar-refractivity contribution in [3.8, 4) is 11.5 Å². The van der Waals surface area contributed by atoms with Gasteiger partial charge in [-0.2, -0.15) is 9.30 Å². The summed E-state index contributed by atoms with van der Waals surface area (Å²) in [6, 6.07) is 6.99. The minimum atomic E-state index is -3.34. The number of amides is 1. The third-order valence-corrected chi connectivity index (χ3v) is 8.63. The number of benzene rings is 1. The van der Waals surface area contributed by atoms with Crippen molar-refractivity contribution in [1.29, 1.82) is 0 Å². The number of ether oxygens (including phenoxy) is 2. The maximum Gasteiger partial charge on any atom is 0.281 e. The second-order valence-corrected chi connectivity index (χ2v) is 11.3. The van der Waals surface area contributed by atoms with Gasteiger partial charge in [-0.1, -0.05) is 0 Å². The lowest BCUT2D eigenvalue weighted by molar-refractivity contribution is 0.0996. The third kappa shape index (κ3) is 5.35. The molecule has 0 unspecified atom stereocenters. The van der Waals surface area contributed by atoms with Crippen molar-refractivity contribution in [3.63, 3.8) is 0 Å². The predicted molar refractivity (Wildman–Crippen MR) is 142 cm³/mol. The standard InChI is InChI=1S/C25H31N7O5S/c1-30-11-13-31(14-12-30)38(34,35)16-4-15-37-20-7-6-19-21(22(20)36-2)28-25(32-10-9-27-23(19)32)29-24(33)18-5-3-8-26-17-18/h3,5-8,17,27H,4,9-16H2,1-2H3. The van der Waals surface area contributed by atoms with Gasteiger partial charge >= 0.3 is 0 Å². The second-order valence-electron chi connectivity index (χ2n) is 9.21. The number of nitrogens with zero attached hydrogens (tertiary/aromatic N) is 6. The van der Waals surface area contributed by atoms with E-state index in [1.165, 1.54) is 13.3 Å². The van der Waals surface area contributed by atoms with Gasteiger partial charge in [0.2, 0.25) is 15.6 Å². The van der Waals surface area contributed by atoms with Crippen LogP contribution >= 0.6 is 0 Å². The molecule has 3 aromatic rings. The normalized spacial score (nSPS) is 16.8. The summed E-state index contributed by atoms with van der Waals surface area (Å²) < 4.78 is 40.5. The summed E-state index contributed by atoms with van der Waals surface area (Å²) in [5, 5.41) is 4.14. The number of carbonyl (C=O) groups is 1. The van der Waals surface area contributed by atoms with Gasteiger partial charge in [0.15, 0.2) is 11.5 Å². The van der Waals surface area contributed by atoms with E-state index in [0.29, 0.717) is 55.2 Å². The summed E-state index contributed by atoms with van der Waals surface area (Å²) in [6.07, 6.45) is 3.40. The van der Waals surface area contributed by atoms with Gasteiger partial charge in [-0.25, -0.2) is 13.4 Å². The molecule has 2 aliphatic rings. The number of pyridine rings is 1. The fourth-order valence-electron chi connectivity index (χ4n) is 4.61. The van der Waals surface area contributed by atoms with Crippen LogP contribution < -0.4 is 20.4 Å². The number of anilines is 1. The largest absolute Gasteiger partial charge is 0.491 e. The van der Waals surface area contributed by atoms with Crippen LogP contribution in [0.15, 0.2) is 41.7 Å². The van der Waals surface area contributed by atoms with Crippen molar-refractivity contribution >= 4 is 32.7 Å². The number of carbonyl (C=O) groups excluding carboxylic acids is 1. The summed E-state index contributed by atoms with van der Waals surface area (Å²) in [6.45, 7) is 3.97. The zero-order valence-electron chi connectivity index (χ0n) is 21.5. The minimum Gasteiger partial charge on any atom is -0.491 e. The van der Waals surface area contributed by atoms with Gasteiger partial charge in [0.1, 0.15) is 11.3 Å². The molecule has 0 bridgehead atoms. The maximum atomic E-state index is 12.8. The number of nitrogens with one attached hydrogen (secondary N) is 1. The summed E-state index contributed by atoms with van der Waals surface area (Å²) in [5.74, 6) is 1.19. The molecule has 1 amide bonds. The van der Waals surface area contributed by atoms with E-state index < -0.39 is 15.9 Å². The number of methoxy groups -OCH3 is 1. The van der Waals surface area contributed by atoms with Gasteiger partial charge in [-0.05, 0) is 37.7 Å². The Hall–Kier alpha value is -3.55. The average Bonchev–Trinajstić information content (AvgIpc) is 3.42. The Morgan fingerprint density at radius 3 is 2.71 bits per heavy atom. The molecule has 202 valence electrons. The van der Waals surface area contributed by atoms with Gasteiger partial charge in [0, 0.05) is 57.0 Å². The first kappa shape index (κ1) is 26.1. The van der Waals surface area contributed by atoms with Crippen molar-refractivity contribution in [2.75, 3.05) is 64.6 Å². The smallest absolute Gasteiger partial charge is 0.281 e. The Bertz CT molecular complexity index is 1500. The van der Waals surface area contributed by atoms with Crippen LogP contribution in [0.1, 0.15) is 16.8 Å². The first-order chi connectivity index (χ1) is 18.4. The lowest BCUT2D eigenvalue weighted by atomic mass is 10.2. The zero-order chi connectivity index (χ0) is 26.7. The molecule has 4 heterocycles. The van der Waals surface area contributed by atoms with E-state index >= 15 is 0 Å². The Labute approximate surface area is 221 Å². The van der Waals surface area contributed by atoms with Gasteiger partial charge in [0.25, 0.3) is 5.91 Å². The molecule has 38 heavy (non-hydrogen) atoms. The molecule has 1 aromatic carbocycles. The molecule has 1 saturated heterocycles. The molecule has 0 aliphatic carbocycles. The number of hydrogen-bond donors (Lipinski definition) is 1. The molecule has 0 radical (unpaired) electrons. The highest BCUT2D eigenvalue weighted by atomic mass is 32.2.